The smallest absolute Gasteiger partial charge is 0.419 e. The summed E-state index contributed by atoms with van der Waals surface area (Å²) in [5.41, 5.74) is 0.0418. The molecule has 0 amide bonds. The third-order valence-corrected chi connectivity index (χ3v) is 2.04. The molecule has 9 heteroatoms. The fourth-order valence-corrected chi connectivity index (χ4v) is 1.01. The largest absolute Gasteiger partial charge is 0.469 e. The van der Waals surface area contributed by atoms with Gasteiger partial charge in [-0.25, -0.2) is 14.2 Å². The van der Waals surface area contributed by atoms with E-state index < -0.39 is 32.7 Å². The van der Waals surface area contributed by atoms with Gasteiger partial charge in [0.15, 0.2) is 0 Å². The summed E-state index contributed by atoms with van der Waals surface area (Å²) in [6, 6.07) is 0. The van der Waals surface area contributed by atoms with Gasteiger partial charge in [-0.15, -0.1) is 0 Å². The van der Waals surface area contributed by atoms with Gasteiger partial charge in [-0.1, -0.05) is 13.2 Å². The molecule has 0 aliphatic rings. The highest BCUT2D eigenvalue weighted by molar-refractivity contribution is 7.46. The number of esters is 2. The Labute approximate surface area is 109 Å². The highest BCUT2D eigenvalue weighted by Crippen LogP contribution is 2.36. The molecule has 0 saturated carbocycles. The average Bonchev–Trinajstić information content (AvgIpc) is 2.24. The van der Waals surface area contributed by atoms with Crippen molar-refractivity contribution >= 4 is 19.8 Å². The summed E-state index contributed by atoms with van der Waals surface area (Å²) in [4.78, 5) is 39.5. The van der Waals surface area contributed by atoms with Crippen molar-refractivity contribution in [2.75, 3.05) is 6.61 Å². The molecule has 0 unspecified atom stereocenters. The number of rotatable bonds is 7. The third-order valence-electron chi connectivity index (χ3n) is 1.55. The second-order valence-electron chi connectivity index (χ2n) is 3.59. The van der Waals surface area contributed by atoms with Crippen molar-refractivity contribution in [2.45, 2.75) is 20.1 Å². The van der Waals surface area contributed by atoms with Crippen molar-refractivity contribution in [1.82, 2.24) is 0 Å². The maximum atomic E-state index is 11.2. The van der Waals surface area contributed by atoms with E-state index in [1.165, 1.54) is 13.8 Å². The Bertz CT molecular complexity index is 407. The number of phosphoric acid groups is 1. The van der Waals surface area contributed by atoms with E-state index >= 15 is 0 Å². The van der Waals surface area contributed by atoms with Crippen LogP contribution >= 0.6 is 7.82 Å². The van der Waals surface area contributed by atoms with Gasteiger partial charge in [0.25, 0.3) is 6.29 Å². The van der Waals surface area contributed by atoms with Gasteiger partial charge in [-0.05, 0) is 13.8 Å². The molecule has 19 heavy (non-hydrogen) atoms. The van der Waals surface area contributed by atoms with Gasteiger partial charge in [0.05, 0.1) is 0 Å². The lowest BCUT2D eigenvalue weighted by Gasteiger charge is -2.18. The van der Waals surface area contributed by atoms with Crippen LogP contribution in [0.4, 0.5) is 0 Å². The van der Waals surface area contributed by atoms with Crippen LogP contribution in [0.2, 0.25) is 0 Å². The first kappa shape index (κ1) is 17.5. The average molecular weight is 294 g/mol. The van der Waals surface area contributed by atoms with Crippen LogP contribution in [0.1, 0.15) is 13.8 Å². The molecule has 8 nitrogen and oxygen atoms in total. The molecule has 2 N–H and O–H groups in total. The predicted molar refractivity (Wildman–Crippen MR) is 63.6 cm³/mol. The topological polar surface area (TPSA) is 119 Å². The van der Waals surface area contributed by atoms with E-state index in [9.17, 15) is 14.2 Å². The molecule has 0 aromatic rings. The Balaban J connectivity index is 4.68. The zero-order valence-corrected chi connectivity index (χ0v) is 11.4. The summed E-state index contributed by atoms with van der Waals surface area (Å²) in [5.74, 6) is -1.79. The van der Waals surface area contributed by atoms with E-state index in [2.05, 4.69) is 27.2 Å². The number of ether oxygens (including phenoxy) is 2. The minimum atomic E-state index is -4.78. The zero-order chi connectivity index (χ0) is 15.2. The summed E-state index contributed by atoms with van der Waals surface area (Å²) in [7, 11) is -4.78. The second-order valence-corrected chi connectivity index (χ2v) is 4.83. The first-order valence-corrected chi connectivity index (χ1v) is 6.49. The normalized spacial score (nSPS) is 11.0. The van der Waals surface area contributed by atoms with Gasteiger partial charge < -0.3 is 19.3 Å². The Hall–Kier alpha value is -1.47. The van der Waals surface area contributed by atoms with E-state index in [0.717, 1.165) is 0 Å². The lowest BCUT2D eigenvalue weighted by Crippen LogP contribution is -2.29. The van der Waals surface area contributed by atoms with Crippen LogP contribution in [0.15, 0.2) is 24.3 Å². The SMILES string of the molecule is C=C(C)C(=O)OC(COP(=O)(O)O)OC(=O)C(=C)C. The molecular formula is C10H15O8P. The molecule has 0 aliphatic heterocycles. The van der Waals surface area contributed by atoms with Gasteiger partial charge in [0.1, 0.15) is 6.61 Å². The van der Waals surface area contributed by atoms with Crippen LogP contribution in [0.25, 0.3) is 0 Å². The highest BCUT2D eigenvalue weighted by atomic mass is 31.2. The molecule has 0 aromatic carbocycles. The molecule has 0 aromatic heterocycles. The summed E-state index contributed by atoms with van der Waals surface area (Å²) >= 11 is 0. The van der Waals surface area contributed by atoms with Crippen LogP contribution in [-0.4, -0.2) is 34.6 Å². The third kappa shape index (κ3) is 8.28. The van der Waals surface area contributed by atoms with Gasteiger partial charge in [-0.3, -0.25) is 4.52 Å². The Kier molecular flexibility index (Phi) is 6.64. The van der Waals surface area contributed by atoms with Crippen molar-refractivity contribution in [3.05, 3.63) is 24.3 Å². The molecule has 0 fully saturated rings. The minimum Gasteiger partial charge on any atom is -0.419 e. The van der Waals surface area contributed by atoms with E-state index in [4.69, 9.17) is 9.79 Å². The molecule has 0 spiro atoms. The molecule has 0 heterocycles. The molecule has 0 bridgehead atoms. The summed E-state index contributed by atoms with van der Waals surface area (Å²) in [6.07, 6.45) is -1.61. The maximum absolute atomic E-state index is 11.2. The van der Waals surface area contributed by atoms with Gasteiger partial charge >= 0.3 is 19.8 Å². The number of carbonyl (C=O) groups is 2. The van der Waals surface area contributed by atoms with Crippen LogP contribution in [-0.2, 0) is 28.2 Å². The Morgan fingerprint density at radius 1 is 1.11 bits per heavy atom. The lowest BCUT2D eigenvalue weighted by atomic mass is 10.3. The van der Waals surface area contributed by atoms with Crippen molar-refractivity contribution in [3.8, 4) is 0 Å². The number of hydrogen-bond acceptors (Lipinski definition) is 6. The van der Waals surface area contributed by atoms with E-state index in [0.29, 0.717) is 0 Å². The van der Waals surface area contributed by atoms with Crippen molar-refractivity contribution in [1.29, 1.82) is 0 Å². The Morgan fingerprint density at radius 3 is 1.74 bits per heavy atom. The molecular weight excluding hydrogens is 279 g/mol. The zero-order valence-electron chi connectivity index (χ0n) is 10.5. The standard InChI is InChI=1S/C10H15O8P/c1-6(2)9(11)17-8(5-16-19(13,14)15)18-10(12)7(3)4/h8H,1,3,5H2,2,4H3,(H2,13,14,15). The van der Waals surface area contributed by atoms with Gasteiger partial charge in [0.2, 0.25) is 0 Å². The molecule has 0 aliphatic carbocycles. The highest BCUT2D eigenvalue weighted by Gasteiger charge is 2.24. The first-order chi connectivity index (χ1) is 8.53. The maximum Gasteiger partial charge on any atom is 0.469 e. The fraction of sp³-hybridized carbons (Fsp3) is 0.400. The molecule has 0 rings (SSSR count). The molecule has 0 radical (unpaired) electrons. The molecule has 108 valence electrons. The van der Waals surface area contributed by atoms with Crippen LogP contribution in [0.5, 0.6) is 0 Å². The van der Waals surface area contributed by atoms with Crippen LogP contribution in [0.3, 0.4) is 0 Å². The van der Waals surface area contributed by atoms with E-state index in [1.807, 2.05) is 0 Å². The van der Waals surface area contributed by atoms with Crippen molar-refractivity contribution in [2.24, 2.45) is 0 Å². The van der Waals surface area contributed by atoms with Crippen LogP contribution < -0.4 is 0 Å². The van der Waals surface area contributed by atoms with Gasteiger partial charge in [-0.2, -0.15) is 0 Å². The summed E-state index contributed by atoms with van der Waals surface area (Å²) in [5, 5.41) is 0. The lowest BCUT2D eigenvalue weighted by molar-refractivity contribution is -0.187. The Morgan fingerprint density at radius 2 is 1.47 bits per heavy atom. The summed E-state index contributed by atoms with van der Waals surface area (Å²) in [6.45, 7) is 8.49. The van der Waals surface area contributed by atoms with E-state index in [1.54, 1.807) is 0 Å². The summed E-state index contributed by atoms with van der Waals surface area (Å²) < 4.78 is 23.9. The first-order valence-electron chi connectivity index (χ1n) is 4.96. The minimum absolute atomic E-state index is 0.0209. The monoisotopic (exact) mass is 294 g/mol. The number of phosphoric ester groups is 1. The number of carbonyl (C=O) groups excluding carboxylic acids is 2. The van der Waals surface area contributed by atoms with Gasteiger partial charge in [0, 0.05) is 11.1 Å². The van der Waals surface area contributed by atoms with Crippen molar-refractivity contribution in [3.63, 3.8) is 0 Å². The van der Waals surface area contributed by atoms with E-state index in [-0.39, 0.29) is 11.1 Å². The number of hydrogen-bond donors (Lipinski definition) is 2. The second kappa shape index (κ2) is 7.20. The predicted octanol–water partition coefficient (Wildman–Crippen LogP) is 0.660. The quantitative estimate of drug-likeness (QED) is 0.304. The molecule has 0 saturated heterocycles. The van der Waals surface area contributed by atoms with Crippen molar-refractivity contribution < 1.29 is 37.9 Å². The van der Waals surface area contributed by atoms with Crippen LogP contribution in [0, 0.1) is 0 Å². The molecule has 0 atom stereocenters. The fourth-order valence-electron chi connectivity index (χ4n) is 0.690.